The highest BCUT2D eigenvalue weighted by atomic mass is 35.5. The number of hydrogen-bond acceptors (Lipinski definition) is 1. The van der Waals surface area contributed by atoms with Crippen molar-refractivity contribution in [3.63, 3.8) is 0 Å². The summed E-state index contributed by atoms with van der Waals surface area (Å²) in [7, 11) is 0. The lowest BCUT2D eigenvalue weighted by molar-refractivity contribution is 0.748. The number of halogens is 1. The maximum absolute atomic E-state index is 9.63. The van der Waals surface area contributed by atoms with E-state index in [2.05, 4.69) is 116 Å². The van der Waals surface area contributed by atoms with E-state index < -0.39 is 0 Å². The first-order chi connectivity index (χ1) is 18.1. The second kappa shape index (κ2) is 9.40. The number of hydrogen-bond donors (Lipinski definition) is 0. The third-order valence-electron chi connectivity index (χ3n) is 7.78. The molecule has 0 saturated carbocycles. The van der Waals surface area contributed by atoms with Crippen LogP contribution < -0.4 is 0 Å². The molecule has 0 N–H and O–H groups in total. The van der Waals surface area contributed by atoms with Gasteiger partial charge in [0.2, 0.25) is 0 Å². The summed E-state index contributed by atoms with van der Waals surface area (Å²) in [5.74, 6) is 0.176. The lowest BCUT2D eigenvalue weighted by atomic mass is 9.67. The van der Waals surface area contributed by atoms with Crippen molar-refractivity contribution in [2.75, 3.05) is 0 Å². The Morgan fingerprint density at radius 2 is 1.24 bits per heavy atom. The van der Waals surface area contributed by atoms with Crippen molar-refractivity contribution in [2.24, 2.45) is 0 Å². The van der Waals surface area contributed by atoms with E-state index in [0.717, 1.165) is 12.0 Å². The number of nitriles is 1. The summed E-state index contributed by atoms with van der Waals surface area (Å²) in [6, 6.07) is 45.5. The van der Waals surface area contributed by atoms with Gasteiger partial charge in [-0.3, -0.25) is 0 Å². The molecule has 178 valence electrons. The Morgan fingerprint density at radius 3 is 1.86 bits per heavy atom. The third-order valence-corrected chi connectivity index (χ3v) is 8.09. The fourth-order valence-electron chi connectivity index (χ4n) is 6.14. The zero-order valence-corrected chi connectivity index (χ0v) is 21.4. The van der Waals surface area contributed by atoms with Crippen LogP contribution >= 0.6 is 11.6 Å². The Hall–Kier alpha value is -4.12. The Morgan fingerprint density at radius 1 is 0.676 bits per heavy atom. The number of rotatable bonds is 5. The van der Waals surface area contributed by atoms with Gasteiger partial charge in [-0.05, 0) is 62.9 Å². The van der Waals surface area contributed by atoms with Crippen molar-refractivity contribution >= 4 is 11.6 Å². The van der Waals surface area contributed by atoms with E-state index in [9.17, 15) is 5.26 Å². The molecule has 0 aromatic heterocycles. The second-order valence-corrected chi connectivity index (χ2v) is 10.2. The molecule has 0 radical (unpaired) electrons. The minimum atomic E-state index is -0.375. The molecule has 1 atom stereocenters. The predicted molar refractivity (Wildman–Crippen MR) is 152 cm³/mol. The first-order valence-electron chi connectivity index (χ1n) is 12.7. The van der Waals surface area contributed by atoms with Gasteiger partial charge in [0.1, 0.15) is 6.07 Å². The van der Waals surface area contributed by atoms with Gasteiger partial charge in [0.25, 0.3) is 0 Å². The van der Waals surface area contributed by atoms with E-state index in [1.165, 1.54) is 38.9 Å². The van der Waals surface area contributed by atoms with Gasteiger partial charge in [-0.2, -0.15) is 5.26 Å². The van der Waals surface area contributed by atoms with Gasteiger partial charge in [-0.25, -0.2) is 0 Å². The van der Waals surface area contributed by atoms with Crippen LogP contribution in [0.2, 0.25) is 5.02 Å². The molecule has 0 heterocycles. The van der Waals surface area contributed by atoms with Crippen LogP contribution in [0.4, 0.5) is 0 Å². The molecule has 0 aliphatic heterocycles. The molecule has 0 amide bonds. The molecule has 5 aromatic rings. The first kappa shape index (κ1) is 23.3. The van der Waals surface area contributed by atoms with Gasteiger partial charge in [0.15, 0.2) is 0 Å². The molecular weight excluding hydrogens is 470 g/mol. The van der Waals surface area contributed by atoms with Gasteiger partial charge >= 0.3 is 0 Å². The van der Waals surface area contributed by atoms with E-state index in [4.69, 9.17) is 11.6 Å². The topological polar surface area (TPSA) is 23.8 Å². The van der Waals surface area contributed by atoms with Crippen LogP contribution in [0.5, 0.6) is 0 Å². The average molecular weight is 496 g/mol. The van der Waals surface area contributed by atoms with E-state index in [0.29, 0.717) is 10.6 Å². The summed E-state index contributed by atoms with van der Waals surface area (Å²) in [5.41, 5.74) is 10.2. The standard InChI is InChI=1S/C35H26ClN/c1-24(28-14-9-17-34(36)31(28)23-37)22-25-18-20-27(21-19-25)35(26-10-3-2-4-11-26)32-15-7-5-12-29(32)30-13-6-8-16-33(30)35/h2-21,24H,22H2,1H3. The van der Waals surface area contributed by atoms with Crippen LogP contribution in [0.25, 0.3) is 11.1 Å². The van der Waals surface area contributed by atoms with Crippen LogP contribution in [0.3, 0.4) is 0 Å². The molecular formula is C35H26ClN. The summed E-state index contributed by atoms with van der Waals surface area (Å²) in [6.07, 6.45) is 0.834. The van der Waals surface area contributed by atoms with Crippen LogP contribution in [-0.4, -0.2) is 0 Å². The van der Waals surface area contributed by atoms with Crippen molar-refractivity contribution in [3.8, 4) is 17.2 Å². The van der Waals surface area contributed by atoms with Crippen molar-refractivity contribution in [2.45, 2.75) is 24.7 Å². The molecule has 1 aliphatic rings. The molecule has 1 aliphatic carbocycles. The van der Waals surface area contributed by atoms with Crippen molar-refractivity contribution in [1.29, 1.82) is 5.26 Å². The van der Waals surface area contributed by atoms with Crippen LogP contribution in [0, 0.1) is 11.3 Å². The van der Waals surface area contributed by atoms with Crippen LogP contribution in [0.15, 0.2) is 121 Å². The van der Waals surface area contributed by atoms with E-state index in [1.807, 2.05) is 12.1 Å². The number of nitrogens with zero attached hydrogens (tertiary/aromatic N) is 1. The summed E-state index contributed by atoms with van der Waals surface area (Å²) in [4.78, 5) is 0. The van der Waals surface area contributed by atoms with Gasteiger partial charge in [-0.1, -0.05) is 134 Å². The summed E-state index contributed by atoms with van der Waals surface area (Å²) < 4.78 is 0. The second-order valence-electron chi connectivity index (χ2n) is 9.83. The maximum atomic E-state index is 9.63. The van der Waals surface area contributed by atoms with Gasteiger partial charge in [0.05, 0.1) is 16.0 Å². The highest BCUT2D eigenvalue weighted by Crippen LogP contribution is 2.55. The molecule has 1 unspecified atom stereocenters. The number of benzene rings is 5. The molecule has 1 nitrogen and oxygen atoms in total. The summed E-state index contributed by atoms with van der Waals surface area (Å²) >= 11 is 6.30. The predicted octanol–water partition coefficient (Wildman–Crippen LogP) is 8.92. The zero-order chi connectivity index (χ0) is 25.4. The monoisotopic (exact) mass is 495 g/mol. The molecule has 37 heavy (non-hydrogen) atoms. The van der Waals surface area contributed by atoms with Crippen LogP contribution in [-0.2, 0) is 11.8 Å². The highest BCUT2D eigenvalue weighted by molar-refractivity contribution is 6.31. The largest absolute Gasteiger partial charge is 0.192 e. The molecule has 0 spiro atoms. The average Bonchev–Trinajstić information content (AvgIpc) is 3.25. The number of fused-ring (bicyclic) bond motifs is 3. The molecule has 6 rings (SSSR count). The fourth-order valence-corrected chi connectivity index (χ4v) is 6.36. The van der Waals surface area contributed by atoms with Gasteiger partial charge < -0.3 is 0 Å². The van der Waals surface area contributed by atoms with Gasteiger partial charge in [0, 0.05) is 0 Å². The summed E-state index contributed by atoms with van der Waals surface area (Å²) in [6.45, 7) is 2.16. The van der Waals surface area contributed by atoms with Crippen molar-refractivity contribution in [1.82, 2.24) is 0 Å². The minimum absolute atomic E-state index is 0.176. The zero-order valence-electron chi connectivity index (χ0n) is 20.7. The fraction of sp³-hybridized carbons (Fsp3) is 0.114. The highest BCUT2D eigenvalue weighted by Gasteiger charge is 2.45. The molecule has 0 fully saturated rings. The molecule has 2 heteroatoms. The normalized spacial score (nSPS) is 13.9. The van der Waals surface area contributed by atoms with E-state index >= 15 is 0 Å². The first-order valence-corrected chi connectivity index (χ1v) is 13.0. The van der Waals surface area contributed by atoms with Crippen LogP contribution in [0.1, 0.15) is 51.8 Å². The Labute approximate surface area is 223 Å². The maximum Gasteiger partial charge on any atom is 0.101 e. The van der Waals surface area contributed by atoms with Crippen molar-refractivity contribution in [3.05, 3.63) is 165 Å². The lowest BCUT2D eigenvalue weighted by Crippen LogP contribution is -2.28. The molecule has 0 saturated heterocycles. The Bertz CT molecular complexity index is 1580. The van der Waals surface area contributed by atoms with Gasteiger partial charge in [-0.15, -0.1) is 0 Å². The Balaban J connectivity index is 1.46. The summed E-state index contributed by atoms with van der Waals surface area (Å²) in [5, 5.41) is 10.2. The lowest BCUT2D eigenvalue weighted by Gasteiger charge is -2.34. The van der Waals surface area contributed by atoms with E-state index in [-0.39, 0.29) is 11.3 Å². The quantitative estimate of drug-likeness (QED) is 0.234. The van der Waals surface area contributed by atoms with E-state index in [1.54, 1.807) is 6.07 Å². The SMILES string of the molecule is CC(Cc1ccc(C2(c3ccccc3)c3ccccc3-c3ccccc32)cc1)c1cccc(Cl)c1C#N. The minimum Gasteiger partial charge on any atom is -0.192 e. The van der Waals surface area contributed by atoms with Crippen molar-refractivity contribution < 1.29 is 0 Å². The molecule has 5 aromatic carbocycles. The molecule has 0 bridgehead atoms. The smallest absolute Gasteiger partial charge is 0.101 e. The Kier molecular flexibility index (Phi) is 5.91. The third kappa shape index (κ3) is 3.69.